The fourth-order valence-corrected chi connectivity index (χ4v) is 4.90. The molecule has 33 heavy (non-hydrogen) atoms. The second kappa shape index (κ2) is 11.9. The Kier molecular flexibility index (Phi) is 8.95. The van der Waals surface area contributed by atoms with Crippen LogP contribution >= 0.6 is 22.6 Å². The molecule has 1 saturated carbocycles. The second-order valence-electron chi connectivity index (χ2n) is 8.22. The van der Waals surface area contributed by atoms with Gasteiger partial charge in [0.15, 0.2) is 6.19 Å². The van der Waals surface area contributed by atoms with Gasteiger partial charge in [-0.05, 0) is 48.9 Å². The van der Waals surface area contributed by atoms with E-state index in [4.69, 9.17) is 10.00 Å². The highest BCUT2D eigenvalue weighted by Gasteiger charge is 2.37. The molecule has 0 aromatic heterocycles. The molecule has 1 amide bonds. The number of nitrogens with zero attached hydrogens (tertiary/aromatic N) is 2. The Bertz CT molecular complexity index is 1010. The van der Waals surface area contributed by atoms with Crippen molar-refractivity contribution in [1.82, 2.24) is 16.0 Å². The molecular weight excluding hydrogens is 529 g/mol. The minimum Gasteiger partial charge on any atom is -0.496 e. The Morgan fingerprint density at radius 1 is 1.24 bits per heavy atom. The van der Waals surface area contributed by atoms with Gasteiger partial charge in [0.1, 0.15) is 5.75 Å². The molecule has 3 rings (SSSR count). The third-order valence-corrected chi connectivity index (χ3v) is 7.20. The smallest absolute Gasteiger partial charge is 0.255 e. The Labute approximate surface area is 209 Å². The second-order valence-corrected chi connectivity index (χ2v) is 8.99. The minimum absolute atomic E-state index is 0.124. The summed E-state index contributed by atoms with van der Waals surface area (Å²) in [6.45, 7) is 0.547. The topological polar surface area (TPSA) is 98.5 Å². The molecule has 2 aromatic carbocycles. The number of amides is 1. The maximum absolute atomic E-state index is 13.1. The molecule has 0 radical (unpaired) electrons. The van der Waals surface area contributed by atoms with Gasteiger partial charge in [-0.15, -0.1) is 0 Å². The number of carbonyl (C=O) groups excluding carboxylic acids is 1. The summed E-state index contributed by atoms with van der Waals surface area (Å²) in [6, 6.07) is 16.4. The van der Waals surface area contributed by atoms with E-state index >= 15 is 0 Å². The number of benzene rings is 2. The predicted molar refractivity (Wildman–Crippen MR) is 139 cm³/mol. The minimum atomic E-state index is -0.156. The fraction of sp³-hybridized carbons (Fsp3) is 0.400. The lowest BCUT2D eigenvalue weighted by Crippen LogP contribution is -2.49. The Morgan fingerprint density at radius 3 is 2.58 bits per heavy atom. The van der Waals surface area contributed by atoms with E-state index in [-0.39, 0.29) is 17.4 Å². The van der Waals surface area contributed by atoms with E-state index in [1.54, 1.807) is 14.2 Å². The molecule has 8 heteroatoms. The van der Waals surface area contributed by atoms with Crippen LogP contribution in [-0.4, -0.2) is 38.6 Å². The van der Waals surface area contributed by atoms with Gasteiger partial charge in [-0.3, -0.25) is 15.1 Å². The first kappa shape index (κ1) is 24.8. The van der Waals surface area contributed by atoms with Crippen LogP contribution < -0.4 is 20.7 Å². The first-order chi connectivity index (χ1) is 16.0. The van der Waals surface area contributed by atoms with Gasteiger partial charge in [0.2, 0.25) is 5.96 Å². The van der Waals surface area contributed by atoms with Crippen LogP contribution in [0.15, 0.2) is 53.5 Å². The first-order valence-corrected chi connectivity index (χ1v) is 12.5. The summed E-state index contributed by atoms with van der Waals surface area (Å²) in [4.78, 5) is 17.2. The van der Waals surface area contributed by atoms with E-state index < -0.39 is 0 Å². The number of methoxy groups -OCH3 is 1. The zero-order chi connectivity index (χ0) is 23.7. The number of ether oxygens (including phenoxy) is 1. The largest absolute Gasteiger partial charge is 0.496 e. The van der Waals surface area contributed by atoms with Crippen molar-refractivity contribution in [2.24, 2.45) is 4.99 Å². The molecule has 7 nitrogen and oxygen atoms in total. The van der Waals surface area contributed by atoms with E-state index in [1.807, 2.05) is 42.6 Å². The number of nitrogens with one attached hydrogen (secondary N) is 3. The number of halogens is 1. The van der Waals surface area contributed by atoms with Crippen molar-refractivity contribution in [1.29, 1.82) is 5.26 Å². The monoisotopic (exact) mass is 559 g/mol. The number of nitriles is 1. The molecule has 2 aromatic rings. The fourth-order valence-electron chi connectivity index (χ4n) is 4.43. The molecule has 0 spiro atoms. The van der Waals surface area contributed by atoms with Crippen LogP contribution in [0.3, 0.4) is 0 Å². The van der Waals surface area contributed by atoms with Gasteiger partial charge in [-0.25, -0.2) is 0 Å². The van der Waals surface area contributed by atoms with Gasteiger partial charge in [-0.1, -0.05) is 59.0 Å². The normalized spacial score (nSPS) is 20.4. The SMILES string of the molecule is CN=C(NC#N)NC1CCC(CNC(=O)c2ccc(CI)cc2OC)(c2ccccc2)CC1. The Morgan fingerprint density at radius 2 is 1.97 bits per heavy atom. The third-order valence-electron chi connectivity index (χ3n) is 6.32. The van der Waals surface area contributed by atoms with E-state index in [0.29, 0.717) is 23.8 Å². The van der Waals surface area contributed by atoms with E-state index in [0.717, 1.165) is 35.7 Å². The van der Waals surface area contributed by atoms with Crippen LogP contribution in [-0.2, 0) is 9.84 Å². The van der Waals surface area contributed by atoms with Crippen molar-refractivity contribution in [2.75, 3.05) is 20.7 Å². The maximum atomic E-state index is 13.1. The highest BCUT2D eigenvalue weighted by atomic mass is 127. The van der Waals surface area contributed by atoms with Crippen LogP contribution in [0.25, 0.3) is 0 Å². The molecule has 1 fully saturated rings. The highest BCUT2D eigenvalue weighted by molar-refractivity contribution is 14.1. The predicted octanol–water partition coefficient (Wildman–Crippen LogP) is 3.89. The zero-order valence-corrected chi connectivity index (χ0v) is 21.2. The standard InChI is InChI=1S/C25H30IN5O2/c1-28-24(30-17-27)31-20-10-12-25(13-11-20,19-6-4-3-5-7-19)16-29-23(32)21-9-8-18(15-26)14-22(21)33-2/h3-9,14,20H,10-13,15-16H2,1-2H3,(H,29,32)(H2,28,30,31). The number of guanidine groups is 1. The molecule has 0 unspecified atom stereocenters. The number of alkyl halides is 1. The number of hydrogen-bond acceptors (Lipinski definition) is 4. The van der Waals surface area contributed by atoms with Crippen molar-refractivity contribution in [3.63, 3.8) is 0 Å². The van der Waals surface area contributed by atoms with Crippen LogP contribution in [0.2, 0.25) is 0 Å². The van der Waals surface area contributed by atoms with Crippen LogP contribution in [0.5, 0.6) is 5.75 Å². The lowest BCUT2D eigenvalue weighted by molar-refractivity contribution is 0.0932. The summed E-state index contributed by atoms with van der Waals surface area (Å²) < 4.78 is 6.34. The highest BCUT2D eigenvalue weighted by Crippen LogP contribution is 2.39. The maximum Gasteiger partial charge on any atom is 0.255 e. The van der Waals surface area contributed by atoms with Gasteiger partial charge < -0.3 is 15.4 Å². The van der Waals surface area contributed by atoms with Crippen molar-refractivity contribution >= 4 is 34.5 Å². The van der Waals surface area contributed by atoms with E-state index in [1.165, 1.54) is 5.56 Å². The summed E-state index contributed by atoms with van der Waals surface area (Å²) in [5.74, 6) is 0.964. The van der Waals surface area contributed by atoms with Crippen molar-refractivity contribution in [3.8, 4) is 11.9 Å². The lowest BCUT2D eigenvalue weighted by atomic mass is 9.68. The molecule has 3 N–H and O–H groups in total. The van der Waals surface area contributed by atoms with E-state index in [2.05, 4.69) is 55.7 Å². The molecule has 0 bridgehead atoms. The van der Waals surface area contributed by atoms with E-state index in [9.17, 15) is 4.79 Å². The molecule has 1 aliphatic rings. The quantitative estimate of drug-likeness (QED) is 0.120. The van der Waals surface area contributed by atoms with Gasteiger partial charge in [-0.2, -0.15) is 5.26 Å². The molecule has 0 heterocycles. The number of rotatable bonds is 7. The third kappa shape index (κ3) is 6.16. The van der Waals surface area contributed by atoms with Gasteiger partial charge >= 0.3 is 0 Å². The van der Waals surface area contributed by atoms with Crippen molar-refractivity contribution in [3.05, 3.63) is 65.2 Å². The molecule has 0 saturated heterocycles. The molecule has 0 aliphatic heterocycles. The summed E-state index contributed by atoms with van der Waals surface area (Å²) in [7, 11) is 3.25. The van der Waals surface area contributed by atoms with Crippen LogP contribution in [0.4, 0.5) is 0 Å². The lowest BCUT2D eigenvalue weighted by Gasteiger charge is -2.41. The molecule has 0 atom stereocenters. The number of hydrogen-bond donors (Lipinski definition) is 3. The summed E-state index contributed by atoms with van der Waals surface area (Å²) in [5.41, 5.74) is 2.75. The zero-order valence-electron chi connectivity index (χ0n) is 19.0. The van der Waals surface area contributed by atoms with Gasteiger partial charge in [0.25, 0.3) is 5.91 Å². The summed E-state index contributed by atoms with van der Waals surface area (Å²) in [6.07, 6.45) is 5.54. The molecule has 174 valence electrons. The van der Waals surface area contributed by atoms with Crippen LogP contribution in [0.1, 0.15) is 47.2 Å². The van der Waals surface area contributed by atoms with Crippen LogP contribution in [0, 0.1) is 11.5 Å². The number of aliphatic imine (C=N–C) groups is 1. The Balaban J connectivity index is 1.74. The van der Waals surface area contributed by atoms with Gasteiger partial charge in [0, 0.05) is 29.5 Å². The van der Waals surface area contributed by atoms with Crippen molar-refractivity contribution in [2.45, 2.75) is 41.6 Å². The van der Waals surface area contributed by atoms with Gasteiger partial charge in [0.05, 0.1) is 12.7 Å². The average Bonchev–Trinajstić information content (AvgIpc) is 2.88. The number of carbonyl (C=O) groups is 1. The summed E-state index contributed by atoms with van der Waals surface area (Å²) in [5, 5.41) is 18.0. The Hall–Kier alpha value is -2.80. The molecule has 1 aliphatic carbocycles. The average molecular weight is 559 g/mol. The first-order valence-electron chi connectivity index (χ1n) is 11.0. The van der Waals surface area contributed by atoms with Crippen molar-refractivity contribution < 1.29 is 9.53 Å². The molecular formula is C25H30IN5O2. The summed E-state index contributed by atoms with van der Waals surface area (Å²) >= 11 is 2.30.